The molecule has 0 fully saturated rings. The first-order valence-electron chi connectivity index (χ1n) is 20.8. The minimum atomic E-state index is -0.0354. The molecule has 0 atom stereocenters. The van der Waals surface area contributed by atoms with Crippen LogP contribution in [0, 0.1) is 35.3 Å². The number of benzene rings is 3. The summed E-state index contributed by atoms with van der Waals surface area (Å²) in [5.41, 5.74) is 12.0. The molecule has 3 aromatic carbocycles. The molecule has 59 heavy (non-hydrogen) atoms. The zero-order valence-electron chi connectivity index (χ0n) is 35.1. The third-order valence-corrected chi connectivity index (χ3v) is 11.9. The number of fused-ring (bicyclic) bond motifs is 4. The lowest BCUT2D eigenvalue weighted by atomic mass is 9.74. The lowest BCUT2D eigenvalue weighted by Crippen LogP contribution is -2.17. The van der Waals surface area contributed by atoms with Crippen molar-refractivity contribution in [1.82, 2.24) is 9.55 Å². The largest absolute Gasteiger partial charge is 0.506 e. The summed E-state index contributed by atoms with van der Waals surface area (Å²) in [4.78, 5) is 11.6. The summed E-state index contributed by atoms with van der Waals surface area (Å²) in [6.07, 6.45) is 23.6. The maximum Gasteiger partial charge on any atom is 0.265 e. The number of pyridine rings is 1. The number of phenolic OH excluding ortho intramolecular Hbond substituents is 1. The van der Waals surface area contributed by atoms with Crippen LogP contribution in [0.4, 0.5) is 0 Å². The summed E-state index contributed by atoms with van der Waals surface area (Å²) in [7, 11) is 0. The highest BCUT2D eigenvalue weighted by molar-refractivity contribution is 6.09. The van der Waals surface area contributed by atoms with Gasteiger partial charge in [0.1, 0.15) is 11.3 Å². The molecule has 0 bridgehead atoms. The van der Waals surface area contributed by atoms with Gasteiger partial charge in [-0.15, -0.1) is 0 Å². The predicted octanol–water partition coefficient (Wildman–Crippen LogP) is 14.3. The number of aromatic hydroxyl groups is 1. The molecule has 0 radical (unpaired) electrons. The lowest BCUT2D eigenvalue weighted by molar-refractivity contribution is 0.354. The van der Waals surface area contributed by atoms with Crippen LogP contribution in [0.5, 0.6) is 5.75 Å². The third-order valence-electron chi connectivity index (χ3n) is 11.9. The fraction of sp³-hybridized carbons (Fsp3) is 0.321. The molecule has 2 aromatic heterocycles. The molecule has 0 spiro atoms. The van der Waals surface area contributed by atoms with Crippen molar-refractivity contribution in [3.05, 3.63) is 164 Å². The molecule has 0 amide bonds. The van der Waals surface area contributed by atoms with Gasteiger partial charge in [0.25, 0.3) is 5.70 Å². The summed E-state index contributed by atoms with van der Waals surface area (Å²) in [5.74, 6) is 0.233. The van der Waals surface area contributed by atoms with Crippen molar-refractivity contribution in [2.45, 2.75) is 99.0 Å². The Kier molecular flexibility index (Phi) is 11.9. The maximum atomic E-state index is 10.3. The fourth-order valence-corrected chi connectivity index (χ4v) is 9.12. The summed E-state index contributed by atoms with van der Waals surface area (Å²) < 4.78 is 2.48. The van der Waals surface area contributed by atoms with Crippen molar-refractivity contribution in [1.29, 1.82) is 5.26 Å². The van der Waals surface area contributed by atoms with Crippen LogP contribution in [0.3, 0.4) is 0 Å². The first-order chi connectivity index (χ1) is 28.4. The number of hydrogen-bond acceptors (Lipinski definition) is 3. The first kappa shape index (κ1) is 40.8. The number of unbranched alkanes of at least 4 members (excludes halogenated alkanes) is 3. The zero-order chi connectivity index (χ0) is 41.7. The van der Waals surface area contributed by atoms with Crippen molar-refractivity contribution >= 4 is 44.9 Å². The SMILES string of the molecule is [C-]#[N+]/C(C)=C1C=C(/C=C/c2ccc3c(c2)c2cc(/C=C/C4=CC(=C(/C#N)[N+]#[C-])/CC(C)(C)C4)ccc2n3CCCCCCc2ccc(O)c3ncccc23)CC(C)(C)C\1. The highest BCUT2D eigenvalue weighted by Crippen LogP contribution is 2.41. The van der Waals surface area contributed by atoms with E-state index in [-0.39, 0.29) is 22.3 Å². The quantitative estimate of drug-likeness (QED) is 0.0825. The van der Waals surface area contributed by atoms with E-state index in [9.17, 15) is 10.4 Å². The monoisotopic (exact) mass is 775 g/mol. The van der Waals surface area contributed by atoms with Gasteiger partial charge in [-0.3, -0.25) is 4.98 Å². The van der Waals surface area contributed by atoms with Gasteiger partial charge in [0, 0.05) is 39.9 Å². The van der Waals surface area contributed by atoms with Crippen LogP contribution in [0.1, 0.15) is 103 Å². The van der Waals surface area contributed by atoms with E-state index in [1.807, 2.05) is 31.2 Å². The molecule has 2 aliphatic carbocycles. The van der Waals surface area contributed by atoms with E-state index in [2.05, 4.69) is 120 Å². The van der Waals surface area contributed by atoms with E-state index in [1.165, 1.54) is 32.9 Å². The number of hydrogen-bond donors (Lipinski definition) is 1. The van der Waals surface area contributed by atoms with Gasteiger partial charge >= 0.3 is 0 Å². The van der Waals surface area contributed by atoms with Gasteiger partial charge < -0.3 is 9.67 Å². The van der Waals surface area contributed by atoms with Gasteiger partial charge in [0.05, 0.1) is 19.2 Å². The highest BCUT2D eigenvalue weighted by Gasteiger charge is 2.27. The number of rotatable bonds is 11. The van der Waals surface area contributed by atoms with Crippen molar-refractivity contribution in [2.75, 3.05) is 0 Å². The Balaban J connectivity index is 1.16. The van der Waals surface area contributed by atoms with Crippen LogP contribution in [0.25, 0.3) is 54.6 Å². The molecular formula is C53H53N5O. The second-order valence-corrected chi connectivity index (χ2v) is 18.0. The molecule has 1 N–H and O–H groups in total. The minimum absolute atomic E-state index is 0.0354. The van der Waals surface area contributed by atoms with Crippen LogP contribution in [-0.4, -0.2) is 14.7 Å². The molecule has 7 rings (SSSR count). The molecule has 2 aliphatic rings. The molecular weight excluding hydrogens is 723 g/mol. The number of aryl methyl sites for hydroxylation is 2. The Morgan fingerprint density at radius 1 is 0.763 bits per heavy atom. The van der Waals surface area contributed by atoms with Gasteiger partial charge in [0.2, 0.25) is 0 Å². The van der Waals surface area contributed by atoms with Gasteiger partial charge in [-0.1, -0.05) is 101 Å². The fourth-order valence-electron chi connectivity index (χ4n) is 9.12. The minimum Gasteiger partial charge on any atom is -0.506 e. The number of nitriles is 1. The van der Waals surface area contributed by atoms with E-state index in [0.717, 1.165) is 103 Å². The number of nitrogens with zero attached hydrogens (tertiary/aromatic N) is 5. The predicted molar refractivity (Wildman–Crippen MR) is 244 cm³/mol. The Bertz CT molecular complexity index is 2760. The molecule has 6 nitrogen and oxygen atoms in total. The molecule has 6 heteroatoms. The Labute approximate surface area is 349 Å². The lowest BCUT2D eigenvalue weighted by Gasteiger charge is -2.31. The second-order valence-electron chi connectivity index (χ2n) is 18.0. The average molecular weight is 776 g/mol. The molecule has 2 heterocycles. The third kappa shape index (κ3) is 9.33. The average Bonchev–Trinajstić information content (AvgIpc) is 3.52. The van der Waals surface area contributed by atoms with Gasteiger partial charge in [-0.25, -0.2) is 15.0 Å². The first-order valence-corrected chi connectivity index (χ1v) is 20.8. The van der Waals surface area contributed by atoms with Crippen molar-refractivity contribution in [2.24, 2.45) is 10.8 Å². The van der Waals surface area contributed by atoms with Gasteiger partial charge in [-0.05, 0) is 138 Å². The maximum absolute atomic E-state index is 10.3. The van der Waals surface area contributed by atoms with E-state index >= 15 is 0 Å². The topological polar surface area (TPSA) is 70.6 Å². The molecule has 296 valence electrons. The summed E-state index contributed by atoms with van der Waals surface area (Å²) in [5, 5.41) is 23.3. The van der Waals surface area contributed by atoms with Crippen LogP contribution >= 0.6 is 0 Å². The summed E-state index contributed by atoms with van der Waals surface area (Å²) >= 11 is 0. The number of aromatic nitrogens is 2. The van der Waals surface area contributed by atoms with Crippen LogP contribution in [-0.2, 0) is 13.0 Å². The Morgan fingerprint density at radius 3 is 1.98 bits per heavy atom. The van der Waals surface area contributed by atoms with Crippen molar-refractivity contribution < 1.29 is 5.11 Å². The van der Waals surface area contributed by atoms with Gasteiger partial charge in [0.15, 0.2) is 5.70 Å². The van der Waals surface area contributed by atoms with E-state index in [0.29, 0.717) is 5.52 Å². The van der Waals surface area contributed by atoms with E-state index in [4.69, 9.17) is 13.1 Å². The van der Waals surface area contributed by atoms with Crippen LogP contribution < -0.4 is 0 Å². The standard InChI is InChI=1S/C53H53N5O/c1-36(55-6)42-27-39(31-52(2,3)33-42)17-15-37-19-22-48-45(29-37)46-30-38(16-18-40-28-43(47(35-54)56-7)34-53(4,5)32-40)20-23-49(46)58(48)26-11-9-8-10-13-41-21-24-50(59)51-44(41)14-12-25-57-51/h12,14-25,27-30,59H,8-11,13,26,31-34H2,1-5H3/b17-15+,18-16+,42-36+,47-43+. The second kappa shape index (κ2) is 17.2. The van der Waals surface area contributed by atoms with Crippen molar-refractivity contribution in [3.63, 3.8) is 0 Å². The van der Waals surface area contributed by atoms with Crippen LogP contribution in [0.15, 0.2) is 125 Å². The highest BCUT2D eigenvalue weighted by atomic mass is 16.3. The molecule has 5 aromatic rings. The molecule has 0 unspecified atom stereocenters. The van der Waals surface area contributed by atoms with E-state index < -0.39 is 0 Å². The Morgan fingerprint density at radius 2 is 1.37 bits per heavy atom. The number of phenols is 1. The summed E-state index contributed by atoms with van der Waals surface area (Å²) in [6.45, 7) is 26.9. The molecule has 0 saturated carbocycles. The smallest absolute Gasteiger partial charge is 0.265 e. The number of allylic oxidation sites excluding steroid dienone is 10. The Hall–Kier alpha value is -6.42. The van der Waals surface area contributed by atoms with Crippen molar-refractivity contribution in [3.8, 4) is 11.8 Å². The zero-order valence-corrected chi connectivity index (χ0v) is 35.1. The molecule has 0 aliphatic heterocycles. The van der Waals surface area contributed by atoms with Crippen LogP contribution in [0.2, 0.25) is 0 Å². The van der Waals surface area contributed by atoms with E-state index in [1.54, 1.807) is 12.3 Å². The summed E-state index contributed by atoms with van der Waals surface area (Å²) in [6, 6.07) is 23.5. The molecule has 0 saturated heterocycles. The normalized spacial score (nSPS) is 18.1. The van der Waals surface area contributed by atoms with Gasteiger partial charge in [-0.2, -0.15) is 0 Å².